The zero-order chi connectivity index (χ0) is 18.2. The summed E-state index contributed by atoms with van der Waals surface area (Å²) in [6.07, 6.45) is 3.90. The first kappa shape index (κ1) is 17.8. The summed E-state index contributed by atoms with van der Waals surface area (Å²) in [7, 11) is 0. The maximum Gasteiger partial charge on any atom is 0.410 e. The summed E-state index contributed by atoms with van der Waals surface area (Å²) >= 11 is 0. The van der Waals surface area contributed by atoms with Gasteiger partial charge in [-0.25, -0.2) is 9.78 Å². The van der Waals surface area contributed by atoms with Gasteiger partial charge in [-0.2, -0.15) is 0 Å². The van der Waals surface area contributed by atoms with E-state index >= 15 is 0 Å². The number of hydrogen-bond donors (Lipinski definition) is 1. The van der Waals surface area contributed by atoms with Gasteiger partial charge >= 0.3 is 6.09 Å². The lowest BCUT2D eigenvalue weighted by atomic mass is 9.96. The molecular formula is C18H27N3O4. The van der Waals surface area contributed by atoms with Gasteiger partial charge in [-0.1, -0.05) is 6.92 Å². The van der Waals surface area contributed by atoms with Gasteiger partial charge in [-0.3, -0.25) is 4.79 Å². The zero-order valence-electron chi connectivity index (χ0n) is 15.4. The molecule has 0 radical (unpaired) electrons. The Morgan fingerprint density at radius 2 is 2.08 bits per heavy atom. The highest BCUT2D eigenvalue weighted by molar-refractivity contribution is 5.77. The molecule has 1 aliphatic heterocycles. The van der Waals surface area contributed by atoms with Crippen LogP contribution in [0.5, 0.6) is 0 Å². The molecule has 1 saturated heterocycles. The van der Waals surface area contributed by atoms with Gasteiger partial charge < -0.3 is 19.4 Å². The second kappa shape index (κ2) is 6.35. The van der Waals surface area contributed by atoms with E-state index in [0.29, 0.717) is 26.1 Å². The molecule has 1 aromatic heterocycles. The van der Waals surface area contributed by atoms with Gasteiger partial charge in [-0.05, 0) is 39.0 Å². The summed E-state index contributed by atoms with van der Waals surface area (Å²) in [6.45, 7) is 9.13. The number of rotatable bonds is 5. The highest BCUT2D eigenvalue weighted by atomic mass is 16.6. The minimum atomic E-state index is -0.498. The molecule has 7 heteroatoms. The van der Waals surface area contributed by atoms with Crippen LogP contribution >= 0.6 is 0 Å². The van der Waals surface area contributed by atoms with Crippen LogP contribution in [0.15, 0.2) is 10.8 Å². The number of carbonyl (C=O) groups is 2. The van der Waals surface area contributed by atoms with E-state index in [1.165, 1.54) is 6.39 Å². The molecule has 7 nitrogen and oxygen atoms in total. The van der Waals surface area contributed by atoms with Crippen LogP contribution in [0.2, 0.25) is 0 Å². The van der Waals surface area contributed by atoms with Crippen LogP contribution in [-0.2, 0) is 16.1 Å². The van der Waals surface area contributed by atoms with Crippen molar-refractivity contribution in [2.75, 3.05) is 13.1 Å². The van der Waals surface area contributed by atoms with E-state index in [1.807, 2.05) is 20.8 Å². The lowest BCUT2D eigenvalue weighted by Crippen LogP contribution is -2.50. The Morgan fingerprint density at radius 1 is 1.40 bits per heavy atom. The fraction of sp³-hybridized carbons (Fsp3) is 0.722. The number of hydrogen-bond acceptors (Lipinski definition) is 5. The Bertz CT molecular complexity index is 652. The second-order valence-corrected chi connectivity index (χ2v) is 8.51. The van der Waals surface area contributed by atoms with Gasteiger partial charge in [0.25, 0.3) is 0 Å². The molecule has 0 atom stereocenters. The molecule has 2 fully saturated rings. The van der Waals surface area contributed by atoms with Crippen LogP contribution in [0, 0.1) is 5.41 Å². The SMILES string of the molecule is CC1(CC(=O)NCc2ncoc2C2CN(C(=O)OC(C)(C)C)C2)CC1. The summed E-state index contributed by atoms with van der Waals surface area (Å²) in [5, 5.41) is 2.92. The highest BCUT2D eigenvalue weighted by Gasteiger charge is 2.40. The van der Waals surface area contributed by atoms with Gasteiger partial charge in [0.15, 0.2) is 6.39 Å². The van der Waals surface area contributed by atoms with Crippen LogP contribution in [0.3, 0.4) is 0 Å². The Morgan fingerprint density at radius 3 is 2.68 bits per heavy atom. The van der Waals surface area contributed by atoms with E-state index in [-0.39, 0.29) is 23.3 Å². The first-order valence-corrected chi connectivity index (χ1v) is 8.82. The van der Waals surface area contributed by atoms with Crippen molar-refractivity contribution in [1.82, 2.24) is 15.2 Å². The first-order chi connectivity index (χ1) is 11.7. The van der Waals surface area contributed by atoms with Crippen LogP contribution in [0.25, 0.3) is 0 Å². The van der Waals surface area contributed by atoms with Gasteiger partial charge in [0.2, 0.25) is 5.91 Å². The van der Waals surface area contributed by atoms with Crippen molar-refractivity contribution in [3.63, 3.8) is 0 Å². The number of likely N-dealkylation sites (tertiary alicyclic amines) is 1. The number of aromatic nitrogens is 1. The van der Waals surface area contributed by atoms with Crippen LogP contribution in [0.1, 0.15) is 64.3 Å². The van der Waals surface area contributed by atoms with E-state index in [4.69, 9.17) is 9.15 Å². The van der Waals surface area contributed by atoms with Crippen molar-refractivity contribution in [3.05, 3.63) is 17.8 Å². The molecule has 1 N–H and O–H groups in total. The molecule has 0 bridgehead atoms. The Labute approximate surface area is 148 Å². The Balaban J connectivity index is 1.48. The van der Waals surface area contributed by atoms with E-state index in [9.17, 15) is 9.59 Å². The zero-order valence-corrected chi connectivity index (χ0v) is 15.4. The average Bonchev–Trinajstić information content (AvgIpc) is 2.97. The molecule has 2 heterocycles. The molecule has 2 amide bonds. The third kappa shape index (κ3) is 4.52. The predicted octanol–water partition coefficient (Wildman–Crippen LogP) is 2.82. The van der Waals surface area contributed by atoms with Crippen molar-refractivity contribution in [1.29, 1.82) is 0 Å². The molecule has 0 spiro atoms. The summed E-state index contributed by atoms with van der Waals surface area (Å²) in [5.74, 6) is 0.901. The lowest BCUT2D eigenvalue weighted by Gasteiger charge is -2.38. The van der Waals surface area contributed by atoms with Crippen molar-refractivity contribution >= 4 is 12.0 Å². The minimum absolute atomic E-state index is 0.0536. The van der Waals surface area contributed by atoms with E-state index in [0.717, 1.165) is 24.3 Å². The third-order valence-corrected chi connectivity index (χ3v) is 4.72. The van der Waals surface area contributed by atoms with Crippen molar-refractivity contribution in [2.24, 2.45) is 5.41 Å². The molecule has 2 aliphatic rings. The smallest absolute Gasteiger partial charge is 0.410 e. The molecule has 1 aromatic rings. The van der Waals surface area contributed by atoms with Crippen molar-refractivity contribution in [3.8, 4) is 0 Å². The molecule has 138 valence electrons. The van der Waals surface area contributed by atoms with Crippen LogP contribution in [-0.4, -0.2) is 40.6 Å². The predicted molar refractivity (Wildman–Crippen MR) is 90.9 cm³/mol. The Kier molecular flexibility index (Phi) is 4.51. The lowest BCUT2D eigenvalue weighted by molar-refractivity contribution is -0.122. The summed E-state index contributed by atoms with van der Waals surface area (Å²) < 4.78 is 10.9. The molecule has 0 unspecified atom stereocenters. The van der Waals surface area contributed by atoms with Crippen LogP contribution < -0.4 is 5.32 Å². The number of carbonyl (C=O) groups excluding carboxylic acids is 2. The third-order valence-electron chi connectivity index (χ3n) is 4.72. The fourth-order valence-corrected chi connectivity index (χ4v) is 2.89. The second-order valence-electron chi connectivity index (χ2n) is 8.51. The maximum absolute atomic E-state index is 12.0. The van der Waals surface area contributed by atoms with E-state index in [2.05, 4.69) is 17.2 Å². The largest absolute Gasteiger partial charge is 0.448 e. The normalized spacial score (nSPS) is 19.3. The topological polar surface area (TPSA) is 84.7 Å². The van der Waals surface area contributed by atoms with Crippen molar-refractivity contribution < 1.29 is 18.7 Å². The number of amides is 2. The fourth-order valence-electron chi connectivity index (χ4n) is 2.89. The number of oxazole rings is 1. The van der Waals surface area contributed by atoms with Gasteiger partial charge in [0.05, 0.1) is 12.5 Å². The number of nitrogens with one attached hydrogen (secondary N) is 1. The van der Waals surface area contributed by atoms with E-state index < -0.39 is 5.60 Å². The first-order valence-electron chi connectivity index (χ1n) is 8.82. The number of nitrogens with zero attached hydrogens (tertiary/aromatic N) is 2. The Hall–Kier alpha value is -2.05. The van der Waals surface area contributed by atoms with Gasteiger partial charge in [-0.15, -0.1) is 0 Å². The van der Waals surface area contributed by atoms with Gasteiger partial charge in [0, 0.05) is 19.5 Å². The minimum Gasteiger partial charge on any atom is -0.448 e. The molecular weight excluding hydrogens is 322 g/mol. The number of ether oxygens (including phenoxy) is 1. The molecule has 25 heavy (non-hydrogen) atoms. The summed E-state index contributed by atoms with van der Waals surface area (Å²) in [5.41, 5.74) is 0.434. The summed E-state index contributed by atoms with van der Waals surface area (Å²) in [4.78, 5) is 29.9. The monoisotopic (exact) mass is 349 g/mol. The summed E-state index contributed by atoms with van der Waals surface area (Å²) in [6, 6.07) is 0. The molecule has 1 aliphatic carbocycles. The quantitative estimate of drug-likeness (QED) is 0.883. The maximum atomic E-state index is 12.0. The van der Waals surface area contributed by atoms with Gasteiger partial charge in [0.1, 0.15) is 17.1 Å². The standard InChI is InChI=1S/C18H27N3O4/c1-17(2,3)25-16(23)21-9-12(10-21)15-13(20-11-24-15)8-19-14(22)7-18(4)5-6-18/h11-12H,5-10H2,1-4H3,(H,19,22). The molecule has 3 rings (SSSR count). The highest BCUT2D eigenvalue weighted by Crippen LogP contribution is 2.47. The average molecular weight is 349 g/mol. The molecule has 0 aromatic carbocycles. The van der Waals surface area contributed by atoms with E-state index in [1.54, 1.807) is 4.90 Å². The van der Waals surface area contributed by atoms with Crippen LogP contribution in [0.4, 0.5) is 4.79 Å². The molecule has 1 saturated carbocycles. The van der Waals surface area contributed by atoms with Crippen molar-refractivity contribution in [2.45, 2.75) is 65.0 Å².